The van der Waals surface area contributed by atoms with E-state index in [0.29, 0.717) is 18.2 Å². The van der Waals surface area contributed by atoms with Crippen LogP contribution in [-0.2, 0) is 6.54 Å². The van der Waals surface area contributed by atoms with Gasteiger partial charge in [-0.2, -0.15) is 5.26 Å². The smallest absolute Gasteiger partial charge is 0.191 e. The van der Waals surface area contributed by atoms with Crippen molar-refractivity contribution in [2.75, 3.05) is 24.5 Å². The molecule has 2 N–H and O–H groups in total. The standard InChI is InChI=1S/C22H28N6.HI/c1-3-24-22(26-16-19-7-5-18(14-23)6-8-19)27-20-10-12-28(13-11-20)21-9-4-17(2)15-25-21;/h4-9,15,20H,3,10-13,16H2,1-2H3,(H2,24,26,27);1H. The second-order valence-corrected chi connectivity index (χ2v) is 7.10. The number of pyridine rings is 1. The number of hydrogen-bond acceptors (Lipinski definition) is 4. The molecule has 0 amide bonds. The fourth-order valence-corrected chi connectivity index (χ4v) is 3.27. The Labute approximate surface area is 190 Å². The lowest BCUT2D eigenvalue weighted by atomic mass is 10.1. The van der Waals surface area contributed by atoms with E-state index in [4.69, 9.17) is 10.3 Å². The van der Waals surface area contributed by atoms with E-state index in [9.17, 15) is 0 Å². The number of nitrogens with zero attached hydrogens (tertiary/aromatic N) is 4. The van der Waals surface area contributed by atoms with Gasteiger partial charge in [0.15, 0.2) is 5.96 Å². The van der Waals surface area contributed by atoms with Gasteiger partial charge in [-0.15, -0.1) is 24.0 Å². The summed E-state index contributed by atoms with van der Waals surface area (Å²) in [6.07, 6.45) is 4.03. The van der Waals surface area contributed by atoms with Crippen molar-refractivity contribution >= 4 is 35.8 Å². The van der Waals surface area contributed by atoms with E-state index in [0.717, 1.165) is 49.8 Å². The van der Waals surface area contributed by atoms with Crippen LogP contribution in [0.1, 0.15) is 36.5 Å². The molecule has 29 heavy (non-hydrogen) atoms. The molecule has 0 saturated carbocycles. The number of nitriles is 1. The van der Waals surface area contributed by atoms with Gasteiger partial charge in [-0.1, -0.05) is 18.2 Å². The Bertz CT molecular complexity index is 818. The number of rotatable bonds is 5. The van der Waals surface area contributed by atoms with E-state index in [-0.39, 0.29) is 24.0 Å². The molecule has 0 bridgehead atoms. The zero-order valence-corrected chi connectivity index (χ0v) is 19.4. The van der Waals surface area contributed by atoms with Crippen LogP contribution in [0.4, 0.5) is 5.82 Å². The molecule has 0 radical (unpaired) electrons. The third kappa shape index (κ3) is 6.89. The van der Waals surface area contributed by atoms with Crippen molar-refractivity contribution in [3.63, 3.8) is 0 Å². The first kappa shape index (κ1) is 22.9. The second-order valence-electron chi connectivity index (χ2n) is 7.10. The van der Waals surface area contributed by atoms with E-state index in [1.165, 1.54) is 5.56 Å². The Morgan fingerprint density at radius 3 is 2.52 bits per heavy atom. The van der Waals surface area contributed by atoms with Gasteiger partial charge in [0, 0.05) is 31.9 Å². The molecule has 1 aromatic carbocycles. The summed E-state index contributed by atoms with van der Waals surface area (Å²) in [6.45, 7) is 7.53. The number of aromatic nitrogens is 1. The number of nitrogens with one attached hydrogen (secondary N) is 2. The zero-order chi connectivity index (χ0) is 19.8. The number of aryl methyl sites for hydroxylation is 1. The highest BCUT2D eigenvalue weighted by Gasteiger charge is 2.20. The summed E-state index contributed by atoms with van der Waals surface area (Å²) in [4.78, 5) is 11.6. The maximum absolute atomic E-state index is 8.90. The number of aliphatic imine (C=N–C) groups is 1. The van der Waals surface area contributed by atoms with Gasteiger partial charge in [-0.3, -0.25) is 0 Å². The summed E-state index contributed by atoms with van der Waals surface area (Å²) in [5, 5.41) is 15.8. The molecule has 1 aliphatic heterocycles. The third-order valence-corrected chi connectivity index (χ3v) is 4.90. The Morgan fingerprint density at radius 2 is 1.93 bits per heavy atom. The monoisotopic (exact) mass is 504 g/mol. The first-order valence-electron chi connectivity index (χ1n) is 9.89. The molecule has 0 spiro atoms. The van der Waals surface area contributed by atoms with E-state index in [1.54, 1.807) is 0 Å². The van der Waals surface area contributed by atoms with E-state index in [2.05, 4.69) is 52.6 Å². The van der Waals surface area contributed by atoms with Gasteiger partial charge in [-0.05, 0) is 56.0 Å². The Kier molecular flexibility index (Phi) is 9.19. The highest BCUT2D eigenvalue weighted by molar-refractivity contribution is 14.0. The van der Waals surface area contributed by atoms with Crippen molar-refractivity contribution in [2.45, 2.75) is 39.3 Å². The number of anilines is 1. The van der Waals surface area contributed by atoms with Gasteiger partial charge in [0.25, 0.3) is 0 Å². The van der Waals surface area contributed by atoms with Crippen LogP contribution < -0.4 is 15.5 Å². The molecule has 1 aliphatic rings. The lowest BCUT2D eigenvalue weighted by molar-refractivity contribution is 0.459. The Balaban J connectivity index is 0.00000300. The van der Waals surface area contributed by atoms with Crippen molar-refractivity contribution in [3.05, 3.63) is 59.3 Å². The number of halogens is 1. The molecular weight excluding hydrogens is 475 g/mol. The van der Waals surface area contributed by atoms with Crippen LogP contribution in [0, 0.1) is 18.3 Å². The van der Waals surface area contributed by atoms with E-state index >= 15 is 0 Å². The van der Waals surface area contributed by atoms with Crippen LogP contribution in [0.2, 0.25) is 0 Å². The SMILES string of the molecule is CCNC(=NCc1ccc(C#N)cc1)NC1CCN(c2ccc(C)cn2)CC1.I. The maximum Gasteiger partial charge on any atom is 0.191 e. The predicted octanol–water partition coefficient (Wildman–Crippen LogP) is 3.60. The van der Waals surface area contributed by atoms with Crippen LogP contribution in [-0.4, -0.2) is 36.6 Å². The van der Waals surface area contributed by atoms with Gasteiger partial charge in [-0.25, -0.2) is 9.98 Å². The normalized spacial score (nSPS) is 14.7. The number of benzene rings is 1. The second kappa shape index (κ2) is 11.6. The van der Waals surface area contributed by atoms with Gasteiger partial charge >= 0.3 is 0 Å². The van der Waals surface area contributed by atoms with Gasteiger partial charge in [0.1, 0.15) is 5.82 Å². The van der Waals surface area contributed by atoms with Crippen LogP contribution in [0.15, 0.2) is 47.6 Å². The first-order valence-corrected chi connectivity index (χ1v) is 9.89. The summed E-state index contributed by atoms with van der Waals surface area (Å²) < 4.78 is 0. The van der Waals surface area contributed by atoms with Gasteiger partial charge < -0.3 is 15.5 Å². The summed E-state index contributed by atoms with van der Waals surface area (Å²) >= 11 is 0. The van der Waals surface area contributed by atoms with E-state index in [1.807, 2.05) is 30.5 Å². The minimum absolute atomic E-state index is 0. The molecule has 0 atom stereocenters. The molecule has 154 valence electrons. The average molecular weight is 504 g/mol. The van der Waals surface area contributed by atoms with Crippen molar-refractivity contribution in [1.82, 2.24) is 15.6 Å². The third-order valence-electron chi connectivity index (χ3n) is 4.90. The van der Waals surface area contributed by atoms with Crippen molar-refractivity contribution in [1.29, 1.82) is 5.26 Å². The summed E-state index contributed by atoms with van der Waals surface area (Å²) in [7, 11) is 0. The molecule has 2 aromatic rings. The summed E-state index contributed by atoms with van der Waals surface area (Å²) in [6, 6.07) is 14.3. The van der Waals surface area contributed by atoms with Crippen LogP contribution >= 0.6 is 24.0 Å². The van der Waals surface area contributed by atoms with Gasteiger partial charge in [0.2, 0.25) is 0 Å². The Hall–Kier alpha value is -2.34. The summed E-state index contributed by atoms with van der Waals surface area (Å²) in [5.74, 6) is 1.91. The highest BCUT2D eigenvalue weighted by Crippen LogP contribution is 2.18. The van der Waals surface area contributed by atoms with Crippen LogP contribution in [0.5, 0.6) is 0 Å². The van der Waals surface area contributed by atoms with Crippen LogP contribution in [0.25, 0.3) is 0 Å². The fraction of sp³-hybridized carbons (Fsp3) is 0.409. The maximum atomic E-state index is 8.90. The number of piperidine rings is 1. The first-order chi connectivity index (χ1) is 13.7. The van der Waals surface area contributed by atoms with Crippen molar-refractivity contribution in [3.8, 4) is 6.07 Å². The summed E-state index contributed by atoms with van der Waals surface area (Å²) in [5.41, 5.74) is 2.96. The van der Waals surface area contributed by atoms with Gasteiger partial charge in [0.05, 0.1) is 18.2 Å². The molecule has 0 unspecified atom stereocenters. The molecule has 1 fully saturated rings. The highest BCUT2D eigenvalue weighted by atomic mass is 127. The molecule has 7 heteroatoms. The minimum Gasteiger partial charge on any atom is -0.357 e. The van der Waals surface area contributed by atoms with Crippen LogP contribution in [0.3, 0.4) is 0 Å². The molecule has 0 aliphatic carbocycles. The molecular formula is C22H29IN6. The molecule has 1 saturated heterocycles. The minimum atomic E-state index is 0. The molecule has 1 aromatic heterocycles. The topological polar surface area (TPSA) is 76.3 Å². The van der Waals surface area contributed by atoms with Crippen molar-refractivity contribution in [2.24, 2.45) is 4.99 Å². The quantitative estimate of drug-likeness (QED) is 0.370. The van der Waals surface area contributed by atoms with E-state index < -0.39 is 0 Å². The molecule has 6 nitrogen and oxygen atoms in total. The average Bonchev–Trinajstić information content (AvgIpc) is 2.74. The number of hydrogen-bond donors (Lipinski definition) is 2. The largest absolute Gasteiger partial charge is 0.357 e. The number of guanidine groups is 1. The lowest BCUT2D eigenvalue weighted by Gasteiger charge is -2.33. The van der Waals surface area contributed by atoms with Crippen molar-refractivity contribution < 1.29 is 0 Å². The molecule has 3 rings (SSSR count). The lowest BCUT2D eigenvalue weighted by Crippen LogP contribution is -2.48. The molecule has 2 heterocycles. The zero-order valence-electron chi connectivity index (χ0n) is 17.1. The fourth-order valence-electron chi connectivity index (χ4n) is 3.27. The predicted molar refractivity (Wildman–Crippen MR) is 129 cm³/mol. The Morgan fingerprint density at radius 1 is 1.21 bits per heavy atom.